The van der Waals surface area contributed by atoms with Crippen LogP contribution in [-0.4, -0.2) is 42.9 Å². The van der Waals surface area contributed by atoms with Crippen LogP contribution in [0.1, 0.15) is 12.5 Å². The molecule has 0 aliphatic carbocycles. The third-order valence-electron chi connectivity index (χ3n) is 4.98. The molecule has 1 amide bonds. The van der Waals surface area contributed by atoms with Gasteiger partial charge in [0.2, 0.25) is 5.91 Å². The number of amides is 1. The van der Waals surface area contributed by atoms with Crippen LogP contribution in [0.15, 0.2) is 78.2 Å². The lowest BCUT2D eigenvalue weighted by atomic mass is 10.2. The number of benzene rings is 2. The fourth-order valence-corrected chi connectivity index (χ4v) is 4.61. The van der Waals surface area contributed by atoms with E-state index in [2.05, 4.69) is 15.2 Å². The van der Waals surface area contributed by atoms with Gasteiger partial charge in [0.15, 0.2) is 11.0 Å². The van der Waals surface area contributed by atoms with Gasteiger partial charge in [-0.1, -0.05) is 65.3 Å². The summed E-state index contributed by atoms with van der Waals surface area (Å²) in [5.41, 5.74) is 2.61. The molecular weight excluding hydrogens is 477 g/mol. The Morgan fingerprint density at radius 3 is 2.55 bits per heavy atom. The van der Waals surface area contributed by atoms with E-state index in [0.717, 1.165) is 16.8 Å². The van der Waals surface area contributed by atoms with Gasteiger partial charge in [-0.15, -0.1) is 10.2 Å². The minimum atomic E-state index is -0.383. The Kier molecular flexibility index (Phi) is 7.33. The maximum atomic E-state index is 13.1. The van der Waals surface area contributed by atoms with Gasteiger partial charge in [-0.3, -0.25) is 14.3 Å². The van der Waals surface area contributed by atoms with Gasteiger partial charge < -0.3 is 4.90 Å². The Morgan fingerprint density at radius 2 is 1.85 bits per heavy atom. The molecule has 1 unspecified atom stereocenters. The number of carbonyl (C=O) groups excluding carboxylic acids is 1. The Labute approximate surface area is 206 Å². The number of rotatable bonds is 7. The Bertz CT molecular complexity index is 1250. The van der Waals surface area contributed by atoms with Crippen molar-refractivity contribution in [3.8, 4) is 17.1 Å². The summed E-state index contributed by atoms with van der Waals surface area (Å²) in [4.78, 5) is 19.0. The van der Waals surface area contributed by atoms with Crippen molar-refractivity contribution in [2.75, 3.05) is 7.05 Å². The highest BCUT2D eigenvalue weighted by Gasteiger charge is 2.24. The molecule has 0 aliphatic heterocycles. The zero-order chi connectivity index (χ0) is 23.4. The van der Waals surface area contributed by atoms with E-state index in [9.17, 15) is 4.79 Å². The van der Waals surface area contributed by atoms with Crippen LogP contribution < -0.4 is 0 Å². The minimum absolute atomic E-state index is 0.00420. The summed E-state index contributed by atoms with van der Waals surface area (Å²) in [6.07, 6.45) is 3.41. The zero-order valence-electron chi connectivity index (χ0n) is 18.0. The van der Waals surface area contributed by atoms with Crippen LogP contribution in [0.3, 0.4) is 0 Å². The highest BCUT2D eigenvalue weighted by Crippen LogP contribution is 2.33. The molecular formula is C24H21Cl2N5OS. The molecule has 0 saturated heterocycles. The van der Waals surface area contributed by atoms with Gasteiger partial charge in [-0.2, -0.15) is 0 Å². The lowest BCUT2D eigenvalue weighted by molar-refractivity contribution is -0.129. The first-order valence-electron chi connectivity index (χ1n) is 10.2. The summed E-state index contributed by atoms with van der Waals surface area (Å²) in [6, 6.07) is 19.0. The first-order chi connectivity index (χ1) is 15.9. The average Bonchev–Trinajstić information content (AvgIpc) is 3.25. The summed E-state index contributed by atoms with van der Waals surface area (Å²) >= 11 is 13.8. The predicted molar refractivity (Wildman–Crippen MR) is 133 cm³/mol. The Morgan fingerprint density at radius 1 is 1.06 bits per heavy atom. The van der Waals surface area contributed by atoms with Crippen molar-refractivity contribution in [1.29, 1.82) is 0 Å². The molecule has 9 heteroatoms. The van der Waals surface area contributed by atoms with E-state index in [-0.39, 0.29) is 11.2 Å². The summed E-state index contributed by atoms with van der Waals surface area (Å²) in [7, 11) is 1.80. The van der Waals surface area contributed by atoms with Crippen LogP contribution in [0.5, 0.6) is 0 Å². The number of halogens is 2. The van der Waals surface area contributed by atoms with Crippen molar-refractivity contribution in [2.45, 2.75) is 23.9 Å². The first-order valence-corrected chi connectivity index (χ1v) is 11.8. The van der Waals surface area contributed by atoms with Gasteiger partial charge in [0, 0.05) is 31.5 Å². The molecule has 33 heavy (non-hydrogen) atoms. The second kappa shape index (κ2) is 10.4. The number of aromatic nitrogens is 4. The van der Waals surface area contributed by atoms with Crippen LogP contribution in [0.4, 0.5) is 0 Å². The standard InChI is InChI=1S/C24H21Cl2N5OS/c1-16(23(32)30(2)15-17-7-4-3-5-8-17)33-24-29-28-22(18-9-6-12-27-14-18)31(24)19-10-11-20(25)21(26)13-19/h3-14,16H,15H2,1-2H3. The zero-order valence-corrected chi connectivity index (χ0v) is 20.3. The van der Waals surface area contributed by atoms with Gasteiger partial charge in [0.05, 0.1) is 21.0 Å². The monoisotopic (exact) mass is 497 g/mol. The van der Waals surface area contributed by atoms with Crippen molar-refractivity contribution in [2.24, 2.45) is 0 Å². The molecule has 4 rings (SSSR count). The lowest BCUT2D eigenvalue weighted by Crippen LogP contribution is -2.32. The van der Waals surface area contributed by atoms with E-state index in [1.54, 1.807) is 36.5 Å². The maximum Gasteiger partial charge on any atom is 0.235 e. The highest BCUT2D eigenvalue weighted by atomic mass is 35.5. The molecule has 0 N–H and O–H groups in total. The number of hydrogen-bond acceptors (Lipinski definition) is 5. The quantitative estimate of drug-likeness (QED) is 0.303. The van der Waals surface area contributed by atoms with E-state index in [0.29, 0.717) is 27.6 Å². The number of hydrogen-bond donors (Lipinski definition) is 0. The van der Waals surface area contributed by atoms with E-state index < -0.39 is 0 Å². The van der Waals surface area contributed by atoms with Gasteiger partial charge in [0.25, 0.3) is 0 Å². The maximum absolute atomic E-state index is 13.1. The largest absolute Gasteiger partial charge is 0.340 e. The summed E-state index contributed by atoms with van der Waals surface area (Å²) in [6.45, 7) is 2.40. The van der Waals surface area contributed by atoms with Gasteiger partial charge >= 0.3 is 0 Å². The average molecular weight is 498 g/mol. The fraction of sp³-hybridized carbons (Fsp3) is 0.167. The molecule has 2 aromatic carbocycles. The summed E-state index contributed by atoms with van der Waals surface area (Å²) in [5.74, 6) is 0.594. The molecule has 0 fully saturated rings. The molecule has 168 valence electrons. The summed E-state index contributed by atoms with van der Waals surface area (Å²) in [5, 5.41) is 9.84. The smallest absolute Gasteiger partial charge is 0.235 e. The molecule has 6 nitrogen and oxygen atoms in total. The van der Waals surface area contributed by atoms with Crippen LogP contribution in [0, 0.1) is 0 Å². The highest BCUT2D eigenvalue weighted by molar-refractivity contribution is 8.00. The van der Waals surface area contributed by atoms with Crippen molar-refractivity contribution in [3.05, 3.63) is 88.7 Å². The number of carbonyl (C=O) groups is 1. The van der Waals surface area contributed by atoms with E-state index in [1.165, 1.54) is 11.8 Å². The molecule has 1 atom stereocenters. The van der Waals surface area contributed by atoms with Crippen LogP contribution in [0.2, 0.25) is 10.0 Å². The van der Waals surface area contributed by atoms with Crippen LogP contribution in [-0.2, 0) is 11.3 Å². The van der Waals surface area contributed by atoms with Crippen molar-refractivity contribution >= 4 is 40.9 Å². The fourth-order valence-electron chi connectivity index (χ4n) is 3.34. The molecule has 2 heterocycles. The minimum Gasteiger partial charge on any atom is -0.340 e. The van der Waals surface area contributed by atoms with Crippen molar-refractivity contribution in [3.63, 3.8) is 0 Å². The van der Waals surface area contributed by atoms with E-state index in [4.69, 9.17) is 23.2 Å². The van der Waals surface area contributed by atoms with Crippen LogP contribution >= 0.6 is 35.0 Å². The lowest BCUT2D eigenvalue weighted by Gasteiger charge is -2.21. The summed E-state index contributed by atoms with van der Waals surface area (Å²) < 4.78 is 1.87. The van der Waals surface area contributed by atoms with E-state index >= 15 is 0 Å². The van der Waals surface area contributed by atoms with E-state index in [1.807, 2.05) is 60.0 Å². The predicted octanol–water partition coefficient (Wildman–Crippen LogP) is 5.78. The molecule has 0 spiro atoms. The van der Waals surface area contributed by atoms with Gasteiger partial charge in [-0.25, -0.2) is 0 Å². The number of pyridine rings is 1. The second-order valence-electron chi connectivity index (χ2n) is 7.42. The molecule has 0 aliphatic rings. The van der Waals surface area contributed by atoms with Gasteiger partial charge in [-0.05, 0) is 42.8 Å². The normalized spacial score (nSPS) is 11.9. The molecule has 0 radical (unpaired) electrons. The Balaban J connectivity index is 1.64. The first kappa shape index (κ1) is 23.3. The van der Waals surface area contributed by atoms with Crippen molar-refractivity contribution < 1.29 is 4.79 Å². The van der Waals surface area contributed by atoms with Crippen molar-refractivity contribution in [1.82, 2.24) is 24.6 Å². The molecule has 4 aromatic rings. The number of thioether (sulfide) groups is 1. The second-order valence-corrected chi connectivity index (χ2v) is 9.54. The third-order valence-corrected chi connectivity index (χ3v) is 6.75. The molecule has 2 aromatic heterocycles. The SMILES string of the molecule is CC(Sc1nnc(-c2cccnc2)n1-c1ccc(Cl)c(Cl)c1)C(=O)N(C)Cc1ccccc1. The third kappa shape index (κ3) is 5.38. The molecule has 0 bridgehead atoms. The number of nitrogens with zero attached hydrogens (tertiary/aromatic N) is 5. The Hall–Kier alpha value is -2.87. The van der Waals surface area contributed by atoms with Gasteiger partial charge in [0.1, 0.15) is 0 Å². The topological polar surface area (TPSA) is 63.9 Å². The molecule has 0 saturated carbocycles. The van der Waals surface area contributed by atoms with Crippen LogP contribution in [0.25, 0.3) is 17.1 Å².